The zero-order valence-corrected chi connectivity index (χ0v) is 16.1. The molecule has 2 heterocycles. The number of nitrogens with zero attached hydrogens (tertiary/aromatic N) is 3. The van der Waals surface area contributed by atoms with Crippen molar-refractivity contribution < 1.29 is 9.59 Å². The largest absolute Gasteiger partial charge is 0.343 e. The molecular formula is C18H21ClN4O2S. The molecule has 6 nitrogen and oxygen atoms in total. The van der Waals surface area contributed by atoms with Crippen molar-refractivity contribution in [2.24, 2.45) is 0 Å². The molecule has 1 N–H and O–H groups in total. The Morgan fingerprint density at radius 2 is 2.08 bits per heavy atom. The normalized spacial score (nSPS) is 15.1. The van der Waals surface area contributed by atoms with E-state index in [0.29, 0.717) is 22.1 Å². The fourth-order valence-corrected chi connectivity index (χ4v) is 4.09. The van der Waals surface area contributed by atoms with Crippen LogP contribution in [-0.2, 0) is 4.79 Å². The molecule has 1 aromatic heterocycles. The van der Waals surface area contributed by atoms with Crippen molar-refractivity contribution in [3.8, 4) is 0 Å². The topological polar surface area (TPSA) is 75.2 Å². The highest BCUT2D eigenvalue weighted by atomic mass is 35.5. The molecule has 1 aromatic carbocycles. The van der Waals surface area contributed by atoms with E-state index in [-0.39, 0.29) is 17.7 Å². The fourth-order valence-electron chi connectivity index (χ4n) is 2.99. The smallest absolute Gasteiger partial charge is 0.286 e. The highest BCUT2D eigenvalue weighted by Crippen LogP contribution is 2.30. The summed E-state index contributed by atoms with van der Waals surface area (Å²) in [6.07, 6.45) is 3.21. The van der Waals surface area contributed by atoms with E-state index in [4.69, 9.17) is 11.6 Å². The number of benzene rings is 1. The van der Waals surface area contributed by atoms with Crippen LogP contribution in [-0.4, -0.2) is 40.0 Å². The van der Waals surface area contributed by atoms with Crippen LogP contribution in [0.1, 0.15) is 53.3 Å². The molecule has 0 aliphatic carbocycles. The number of likely N-dealkylation sites (tertiary alicyclic amines) is 1. The lowest BCUT2D eigenvalue weighted by molar-refractivity contribution is -0.132. The van der Waals surface area contributed by atoms with Crippen molar-refractivity contribution >= 4 is 40.4 Å². The predicted octanol–water partition coefficient (Wildman–Crippen LogP) is 3.95. The number of carbonyl (C=O) groups is 2. The van der Waals surface area contributed by atoms with Crippen molar-refractivity contribution in [2.75, 3.05) is 18.4 Å². The first-order chi connectivity index (χ1) is 12.6. The lowest BCUT2D eigenvalue weighted by atomic mass is 9.97. The van der Waals surface area contributed by atoms with Gasteiger partial charge in [-0.3, -0.25) is 9.59 Å². The van der Waals surface area contributed by atoms with Crippen LogP contribution in [0.3, 0.4) is 0 Å². The van der Waals surface area contributed by atoms with Crippen LogP contribution in [0.25, 0.3) is 0 Å². The molecule has 1 aliphatic rings. The van der Waals surface area contributed by atoms with Gasteiger partial charge >= 0.3 is 0 Å². The third kappa shape index (κ3) is 4.59. The lowest BCUT2D eigenvalue weighted by Crippen LogP contribution is -2.37. The number of rotatable bonds is 5. The highest BCUT2D eigenvalue weighted by Gasteiger charge is 2.26. The second-order valence-electron chi connectivity index (χ2n) is 6.31. The fraction of sp³-hybridized carbons (Fsp3) is 0.444. The van der Waals surface area contributed by atoms with Crippen LogP contribution in [0, 0.1) is 0 Å². The monoisotopic (exact) mass is 392 g/mol. The maximum Gasteiger partial charge on any atom is 0.286 e. The minimum absolute atomic E-state index is 0.227. The third-order valence-electron chi connectivity index (χ3n) is 4.38. The molecular weight excluding hydrogens is 372 g/mol. The maximum atomic E-state index is 12.3. The van der Waals surface area contributed by atoms with E-state index in [1.807, 2.05) is 11.8 Å². The van der Waals surface area contributed by atoms with Crippen molar-refractivity contribution in [1.29, 1.82) is 0 Å². The first kappa shape index (κ1) is 18.8. The summed E-state index contributed by atoms with van der Waals surface area (Å²) in [5.74, 6) is 0.197. The van der Waals surface area contributed by atoms with E-state index >= 15 is 0 Å². The number of hydrogen-bond acceptors (Lipinski definition) is 5. The molecule has 0 radical (unpaired) electrons. The van der Waals surface area contributed by atoms with Gasteiger partial charge in [0.1, 0.15) is 5.01 Å². The van der Waals surface area contributed by atoms with Crippen LogP contribution < -0.4 is 5.32 Å². The zero-order chi connectivity index (χ0) is 18.5. The van der Waals surface area contributed by atoms with Crippen LogP contribution in [0.15, 0.2) is 24.3 Å². The molecule has 1 fully saturated rings. The molecule has 2 aromatic rings. The predicted molar refractivity (Wildman–Crippen MR) is 103 cm³/mol. The second kappa shape index (κ2) is 8.60. The van der Waals surface area contributed by atoms with Crippen LogP contribution in [0.2, 0.25) is 5.02 Å². The van der Waals surface area contributed by atoms with Crippen molar-refractivity contribution in [1.82, 2.24) is 15.1 Å². The van der Waals surface area contributed by atoms with E-state index in [9.17, 15) is 9.59 Å². The highest BCUT2D eigenvalue weighted by molar-refractivity contribution is 7.13. The van der Waals surface area contributed by atoms with E-state index in [1.54, 1.807) is 24.3 Å². The van der Waals surface area contributed by atoms with Gasteiger partial charge in [-0.15, -0.1) is 10.2 Å². The maximum absolute atomic E-state index is 12.3. The number of carbonyl (C=O) groups excluding carboxylic acids is 2. The minimum atomic E-state index is -0.286. The Bertz CT molecular complexity index is 787. The van der Waals surface area contributed by atoms with Gasteiger partial charge in [0, 0.05) is 36.1 Å². The van der Waals surface area contributed by atoms with Gasteiger partial charge < -0.3 is 10.2 Å². The molecule has 0 spiro atoms. The Kier molecular flexibility index (Phi) is 6.21. The number of nitrogens with one attached hydrogen (secondary N) is 1. The summed E-state index contributed by atoms with van der Waals surface area (Å²) in [6.45, 7) is 3.50. The number of aromatic nitrogens is 2. The average Bonchev–Trinajstić information content (AvgIpc) is 3.12. The van der Waals surface area contributed by atoms with Gasteiger partial charge in [-0.2, -0.15) is 0 Å². The first-order valence-corrected chi connectivity index (χ1v) is 9.94. The molecule has 1 aliphatic heterocycles. The summed E-state index contributed by atoms with van der Waals surface area (Å²) < 4.78 is 0. The molecule has 0 saturated carbocycles. The van der Waals surface area contributed by atoms with Gasteiger partial charge in [-0.25, -0.2) is 0 Å². The van der Waals surface area contributed by atoms with Gasteiger partial charge in [-0.05, 0) is 37.5 Å². The Balaban J connectivity index is 1.58. The minimum Gasteiger partial charge on any atom is -0.343 e. The Labute approximate surface area is 161 Å². The Hall–Kier alpha value is -1.99. The summed E-state index contributed by atoms with van der Waals surface area (Å²) in [6, 6.07) is 6.98. The SMILES string of the molecule is CCCC(=O)N1CCC(c2nnc(C(=O)Nc3cccc(Cl)c3)s2)CC1. The molecule has 3 rings (SSSR count). The number of hydrogen-bond donors (Lipinski definition) is 1. The summed E-state index contributed by atoms with van der Waals surface area (Å²) in [7, 11) is 0. The van der Waals surface area contributed by atoms with Crippen LogP contribution in [0.5, 0.6) is 0 Å². The van der Waals surface area contributed by atoms with Crippen LogP contribution >= 0.6 is 22.9 Å². The van der Waals surface area contributed by atoms with Gasteiger partial charge in [-0.1, -0.05) is 35.9 Å². The first-order valence-electron chi connectivity index (χ1n) is 8.75. The van der Waals surface area contributed by atoms with E-state index in [2.05, 4.69) is 15.5 Å². The molecule has 8 heteroatoms. The van der Waals surface area contributed by atoms with Crippen molar-refractivity contribution in [3.05, 3.63) is 39.3 Å². The van der Waals surface area contributed by atoms with Crippen molar-refractivity contribution in [3.63, 3.8) is 0 Å². The quantitative estimate of drug-likeness (QED) is 0.835. The van der Waals surface area contributed by atoms with Gasteiger partial charge in [0.15, 0.2) is 0 Å². The summed E-state index contributed by atoms with van der Waals surface area (Å²) in [5.41, 5.74) is 0.627. The zero-order valence-electron chi connectivity index (χ0n) is 14.6. The molecule has 138 valence electrons. The van der Waals surface area contributed by atoms with Gasteiger partial charge in [0.2, 0.25) is 10.9 Å². The van der Waals surface area contributed by atoms with E-state index < -0.39 is 0 Å². The third-order valence-corrected chi connectivity index (χ3v) is 5.70. The van der Waals surface area contributed by atoms with E-state index in [0.717, 1.165) is 37.4 Å². The van der Waals surface area contributed by atoms with E-state index in [1.165, 1.54) is 11.3 Å². The van der Waals surface area contributed by atoms with Gasteiger partial charge in [0.05, 0.1) is 0 Å². The Morgan fingerprint density at radius 1 is 1.31 bits per heavy atom. The van der Waals surface area contributed by atoms with Crippen molar-refractivity contribution in [2.45, 2.75) is 38.5 Å². The van der Waals surface area contributed by atoms with Crippen LogP contribution in [0.4, 0.5) is 5.69 Å². The standard InChI is InChI=1S/C18H21ClN4O2S/c1-2-4-15(24)23-9-7-12(8-10-23)17-21-22-18(26-17)16(25)20-14-6-3-5-13(19)11-14/h3,5-6,11-12H,2,4,7-10H2,1H3,(H,20,25). The number of halogens is 1. The molecule has 0 unspecified atom stereocenters. The molecule has 2 amide bonds. The Morgan fingerprint density at radius 3 is 2.77 bits per heavy atom. The lowest BCUT2D eigenvalue weighted by Gasteiger charge is -2.30. The average molecular weight is 393 g/mol. The molecule has 0 bridgehead atoms. The summed E-state index contributed by atoms with van der Waals surface area (Å²) in [5, 5.41) is 12.8. The van der Waals surface area contributed by atoms with Gasteiger partial charge in [0.25, 0.3) is 5.91 Å². The number of amides is 2. The summed E-state index contributed by atoms with van der Waals surface area (Å²) in [4.78, 5) is 26.2. The second-order valence-corrected chi connectivity index (χ2v) is 7.76. The number of anilines is 1. The molecule has 0 atom stereocenters. The summed E-state index contributed by atoms with van der Waals surface area (Å²) >= 11 is 7.25. The molecule has 26 heavy (non-hydrogen) atoms. The molecule has 1 saturated heterocycles. The number of piperidine rings is 1.